The van der Waals surface area contributed by atoms with Crippen LogP contribution in [0.4, 0.5) is 22.7 Å². The van der Waals surface area contributed by atoms with Crippen molar-refractivity contribution < 1.29 is 14.4 Å². The summed E-state index contributed by atoms with van der Waals surface area (Å²) in [4.78, 5) is 38.8. The zero-order valence-corrected chi connectivity index (χ0v) is 19.7. The fourth-order valence-corrected chi connectivity index (χ4v) is 3.49. The molecule has 0 aliphatic heterocycles. The third-order valence-electron chi connectivity index (χ3n) is 5.41. The molecule has 3 rings (SSSR count). The molecule has 3 aromatic rings. The van der Waals surface area contributed by atoms with Crippen molar-refractivity contribution in [3.8, 4) is 0 Å². The SMILES string of the molecule is CCC(=O)Nc1cccc(NCC(=O)Nc2ccc(C(=O)N(CC)c3ccccc3)cc2)c1C. The highest BCUT2D eigenvalue weighted by atomic mass is 16.2. The van der Waals surface area contributed by atoms with Gasteiger partial charge < -0.3 is 20.9 Å². The van der Waals surface area contributed by atoms with E-state index in [2.05, 4.69) is 16.0 Å². The fraction of sp³-hybridized carbons (Fsp3) is 0.222. The van der Waals surface area contributed by atoms with E-state index in [0.29, 0.717) is 29.9 Å². The topological polar surface area (TPSA) is 90.5 Å². The molecule has 0 fully saturated rings. The highest BCUT2D eigenvalue weighted by Gasteiger charge is 2.16. The van der Waals surface area contributed by atoms with E-state index in [1.54, 1.807) is 36.1 Å². The number of para-hydroxylation sites is 1. The van der Waals surface area contributed by atoms with Crippen molar-refractivity contribution in [1.29, 1.82) is 0 Å². The maximum absolute atomic E-state index is 12.9. The predicted octanol–water partition coefficient (Wildman–Crippen LogP) is 5.06. The average molecular weight is 459 g/mol. The number of rotatable bonds is 9. The van der Waals surface area contributed by atoms with Crippen LogP contribution in [0.5, 0.6) is 0 Å². The second kappa shape index (κ2) is 11.7. The molecular weight excluding hydrogens is 428 g/mol. The van der Waals surface area contributed by atoms with Gasteiger partial charge in [0.1, 0.15) is 0 Å². The van der Waals surface area contributed by atoms with E-state index in [0.717, 1.165) is 16.9 Å². The van der Waals surface area contributed by atoms with Crippen molar-refractivity contribution in [1.82, 2.24) is 0 Å². The minimum absolute atomic E-state index is 0.0598. The molecule has 0 aliphatic rings. The van der Waals surface area contributed by atoms with E-state index >= 15 is 0 Å². The van der Waals surface area contributed by atoms with Crippen molar-refractivity contribution >= 4 is 40.5 Å². The number of hydrogen-bond acceptors (Lipinski definition) is 4. The number of amides is 3. The Morgan fingerprint density at radius 2 is 1.44 bits per heavy atom. The summed E-state index contributed by atoms with van der Waals surface area (Å²) in [5.74, 6) is -0.384. The molecule has 0 aromatic heterocycles. The van der Waals surface area contributed by atoms with Crippen LogP contribution < -0.4 is 20.9 Å². The molecule has 0 saturated carbocycles. The molecule has 3 amide bonds. The van der Waals surface area contributed by atoms with Gasteiger partial charge in [-0.1, -0.05) is 31.2 Å². The number of carbonyl (C=O) groups excluding carboxylic acids is 3. The first-order chi connectivity index (χ1) is 16.4. The number of nitrogens with zero attached hydrogens (tertiary/aromatic N) is 1. The van der Waals surface area contributed by atoms with Crippen LogP contribution in [0.2, 0.25) is 0 Å². The summed E-state index contributed by atoms with van der Waals surface area (Å²) in [6.07, 6.45) is 0.395. The van der Waals surface area contributed by atoms with Gasteiger partial charge >= 0.3 is 0 Å². The minimum atomic E-state index is -0.221. The summed E-state index contributed by atoms with van der Waals surface area (Å²) in [5.41, 5.74) is 4.33. The quantitative estimate of drug-likeness (QED) is 0.418. The molecule has 0 spiro atoms. The number of carbonyl (C=O) groups is 3. The van der Waals surface area contributed by atoms with Crippen LogP contribution in [0, 0.1) is 6.92 Å². The van der Waals surface area contributed by atoms with Gasteiger partial charge in [0.25, 0.3) is 5.91 Å². The normalized spacial score (nSPS) is 10.3. The van der Waals surface area contributed by atoms with Gasteiger partial charge in [0.15, 0.2) is 0 Å². The van der Waals surface area contributed by atoms with Crippen molar-refractivity contribution in [2.45, 2.75) is 27.2 Å². The Kier molecular flexibility index (Phi) is 8.40. The molecule has 3 aromatic carbocycles. The Morgan fingerprint density at radius 3 is 2.09 bits per heavy atom. The van der Waals surface area contributed by atoms with Crippen LogP contribution in [-0.2, 0) is 9.59 Å². The Balaban J connectivity index is 1.59. The van der Waals surface area contributed by atoms with Gasteiger partial charge in [0, 0.05) is 41.3 Å². The molecule has 3 N–H and O–H groups in total. The minimum Gasteiger partial charge on any atom is -0.376 e. The van der Waals surface area contributed by atoms with E-state index in [1.807, 2.05) is 62.4 Å². The van der Waals surface area contributed by atoms with E-state index in [-0.39, 0.29) is 24.3 Å². The molecule has 176 valence electrons. The number of nitrogens with one attached hydrogen (secondary N) is 3. The van der Waals surface area contributed by atoms with Crippen molar-refractivity contribution in [3.05, 3.63) is 83.9 Å². The van der Waals surface area contributed by atoms with E-state index in [1.165, 1.54) is 0 Å². The molecule has 0 radical (unpaired) electrons. The maximum atomic E-state index is 12.9. The lowest BCUT2D eigenvalue weighted by molar-refractivity contribution is -0.116. The smallest absolute Gasteiger partial charge is 0.258 e. The lowest BCUT2D eigenvalue weighted by atomic mass is 10.1. The second-order valence-electron chi connectivity index (χ2n) is 7.74. The molecular formula is C27H30N4O3. The van der Waals surface area contributed by atoms with Crippen LogP contribution in [-0.4, -0.2) is 30.8 Å². The first-order valence-corrected chi connectivity index (χ1v) is 11.3. The van der Waals surface area contributed by atoms with Gasteiger partial charge in [-0.05, 0) is 67.9 Å². The first-order valence-electron chi connectivity index (χ1n) is 11.3. The van der Waals surface area contributed by atoms with Crippen LogP contribution in [0.3, 0.4) is 0 Å². The second-order valence-corrected chi connectivity index (χ2v) is 7.74. The Bertz CT molecular complexity index is 1140. The van der Waals surface area contributed by atoms with E-state index < -0.39 is 0 Å². The number of benzene rings is 3. The van der Waals surface area contributed by atoms with Gasteiger partial charge in [-0.2, -0.15) is 0 Å². The van der Waals surface area contributed by atoms with Gasteiger partial charge in [-0.25, -0.2) is 0 Å². The largest absolute Gasteiger partial charge is 0.376 e. The maximum Gasteiger partial charge on any atom is 0.258 e. The Hall–Kier alpha value is -4.13. The van der Waals surface area contributed by atoms with Crippen LogP contribution in [0.25, 0.3) is 0 Å². The Morgan fingerprint density at radius 1 is 0.765 bits per heavy atom. The van der Waals surface area contributed by atoms with E-state index in [9.17, 15) is 14.4 Å². The van der Waals surface area contributed by atoms with Crippen molar-refractivity contribution in [3.63, 3.8) is 0 Å². The highest BCUT2D eigenvalue weighted by molar-refractivity contribution is 6.06. The molecule has 7 nitrogen and oxygen atoms in total. The molecule has 0 unspecified atom stereocenters. The molecule has 0 saturated heterocycles. The van der Waals surface area contributed by atoms with Crippen LogP contribution in [0.15, 0.2) is 72.8 Å². The molecule has 0 bridgehead atoms. The van der Waals surface area contributed by atoms with Crippen LogP contribution in [0.1, 0.15) is 36.2 Å². The summed E-state index contributed by atoms with van der Waals surface area (Å²) in [7, 11) is 0. The summed E-state index contributed by atoms with van der Waals surface area (Å²) in [5, 5.41) is 8.80. The zero-order chi connectivity index (χ0) is 24.5. The summed E-state index contributed by atoms with van der Waals surface area (Å²) < 4.78 is 0. The van der Waals surface area contributed by atoms with Gasteiger partial charge in [-0.3, -0.25) is 14.4 Å². The molecule has 0 atom stereocenters. The van der Waals surface area contributed by atoms with E-state index in [4.69, 9.17) is 0 Å². The van der Waals surface area contributed by atoms with Crippen molar-refractivity contribution in [2.24, 2.45) is 0 Å². The van der Waals surface area contributed by atoms with Gasteiger partial charge in [-0.15, -0.1) is 0 Å². The summed E-state index contributed by atoms with van der Waals surface area (Å²) >= 11 is 0. The monoisotopic (exact) mass is 458 g/mol. The third kappa shape index (κ3) is 6.22. The van der Waals surface area contributed by atoms with Crippen molar-refractivity contribution in [2.75, 3.05) is 33.9 Å². The summed E-state index contributed by atoms with van der Waals surface area (Å²) in [6, 6.07) is 21.9. The number of anilines is 4. The predicted molar refractivity (Wildman–Crippen MR) is 137 cm³/mol. The van der Waals surface area contributed by atoms with Gasteiger partial charge in [0.05, 0.1) is 6.54 Å². The molecule has 7 heteroatoms. The highest BCUT2D eigenvalue weighted by Crippen LogP contribution is 2.23. The standard InChI is InChI=1S/C27H30N4O3/c1-4-25(32)30-24-13-9-12-23(19(24)3)28-18-26(33)29-21-16-14-20(15-17-21)27(34)31(5-2)22-10-7-6-8-11-22/h6-17,28H,4-5,18H2,1-3H3,(H,29,33)(H,30,32). The zero-order valence-electron chi connectivity index (χ0n) is 19.7. The third-order valence-corrected chi connectivity index (χ3v) is 5.41. The number of hydrogen-bond donors (Lipinski definition) is 3. The molecule has 0 aliphatic carbocycles. The molecule has 0 heterocycles. The average Bonchev–Trinajstić information content (AvgIpc) is 2.86. The lowest BCUT2D eigenvalue weighted by Crippen LogP contribution is -2.30. The Labute approximate surface area is 200 Å². The molecule has 34 heavy (non-hydrogen) atoms. The summed E-state index contributed by atoms with van der Waals surface area (Å²) in [6.45, 7) is 6.22. The van der Waals surface area contributed by atoms with Crippen LogP contribution >= 0.6 is 0 Å². The fourth-order valence-electron chi connectivity index (χ4n) is 3.49. The lowest BCUT2D eigenvalue weighted by Gasteiger charge is -2.21. The first kappa shape index (κ1) is 24.5. The van der Waals surface area contributed by atoms with Gasteiger partial charge in [0.2, 0.25) is 11.8 Å².